The topological polar surface area (TPSA) is 38.7 Å². The van der Waals surface area contributed by atoms with Gasteiger partial charge < -0.3 is 14.6 Å². The van der Waals surface area contributed by atoms with Crippen molar-refractivity contribution >= 4 is 0 Å². The van der Waals surface area contributed by atoms with Crippen molar-refractivity contribution in [3.05, 3.63) is 59.2 Å². The second-order valence-corrected chi connectivity index (χ2v) is 7.59. The van der Waals surface area contributed by atoms with E-state index in [1.807, 2.05) is 37.3 Å². The first-order chi connectivity index (χ1) is 13.5. The molecule has 0 amide bonds. The number of para-hydroxylation sites is 1. The number of ether oxygens (including phenoxy) is 2. The van der Waals surface area contributed by atoms with Gasteiger partial charge in [-0.2, -0.15) is 0 Å². The summed E-state index contributed by atoms with van der Waals surface area (Å²) in [5.41, 5.74) is 3.56. The van der Waals surface area contributed by atoms with Gasteiger partial charge in [0, 0.05) is 12.0 Å². The fourth-order valence-electron chi connectivity index (χ4n) is 3.55. The van der Waals surface area contributed by atoms with Gasteiger partial charge >= 0.3 is 0 Å². The lowest BCUT2D eigenvalue weighted by Crippen LogP contribution is -2.22. The molecule has 0 saturated carbocycles. The molecular formula is C25H36O3. The number of aliphatic hydroxyl groups excluding tert-OH is 1. The maximum atomic E-state index is 10.7. The molecule has 2 aromatic rings. The second kappa shape index (κ2) is 11.1. The maximum absolute atomic E-state index is 10.7. The summed E-state index contributed by atoms with van der Waals surface area (Å²) in [5, 5.41) is 10.7. The monoisotopic (exact) mass is 384 g/mol. The third-order valence-corrected chi connectivity index (χ3v) is 5.51. The highest BCUT2D eigenvalue weighted by molar-refractivity contribution is 5.43. The van der Waals surface area contributed by atoms with Crippen molar-refractivity contribution in [2.24, 2.45) is 0 Å². The highest BCUT2D eigenvalue weighted by Crippen LogP contribution is 2.33. The van der Waals surface area contributed by atoms with Crippen molar-refractivity contribution in [1.82, 2.24) is 0 Å². The van der Waals surface area contributed by atoms with E-state index in [1.54, 1.807) is 0 Å². The molecule has 0 saturated heterocycles. The van der Waals surface area contributed by atoms with Gasteiger partial charge in [-0.1, -0.05) is 58.0 Å². The zero-order valence-electron chi connectivity index (χ0n) is 18.1. The van der Waals surface area contributed by atoms with Crippen LogP contribution in [0.1, 0.15) is 76.0 Å². The summed E-state index contributed by atoms with van der Waals surface area (Å²) in [6, 6.07) is 14.3. The van der Waals surface area contributed by atoms with E-state index in [9.17, 15) is 5.11 Å². The Labute approximate surface area is 170 Å². The first-order valence-electron chi connectivity index (χ1n) is 10.7. The van der Waals surface area contributed by atoms with E-state index in [-0.39, 0.29) is 6.61 Å². The molecule has 3 nitrogen and oxygen atoms in total. The van der Waals surface area contributed by atoms with Gasteiger partial charge in [0.15, 0.2) is 0 Å². The lowest BCUT2D eigenvalue weighted by molar-refractivity contribution is 0.106. The van der Waals surface area contributed by atoms with E-state index in [0.717, 1.165) is 29.9 Å². The lowest BCUT2D eigenvalue weighted by Gasteiger charge is -2.22. The van der Waals surface area contributed by atoms with Gasteiger partial charge in [-0.15, -0.1) is 0 Å². The molecular weight excluding hydrogens is 348 g/mol. The molecule has 2 aromatic carbocycles. The SMILES string of the molecule is CCOc1cccc(CC(O)COc2ccccc2C(C)CC)c1C(C)CC. The van der Waals surface area contributed by atoms with Crippen molar-refractivity contribution in [2.45, 2.75) is 71.8 Å². The van der Waals surface area contributed by atoms with E-state index >= 15 is 0 Å². The lowest BCUT2D eigenvalue weighted by atomic mass is 9.90. The van der Waals surface area contributed by atoms with Crippen molar-refractivity contribution < 1.29 is 14.6 Å². The molecule has 0 bridgehead atoms. The predicted molar refractivity (Wildman–Crippen MR) is 117 cm³/mol. The van der Waals surface area contributed by atoms with Crippen molar-refractivity contribution in [3.8, 4) is 11.5 Å². The predicted octanol–water partition coefficient (Wildman–Crippen LogP) is 6.09. The minimum atomic E-state index is -0.565. The van der Waals surface area contributed by atoms with Crippen LogP contribution in [0.4, 0.5) is 0 Å². The minimum Gasteiger partial charge on any atom is -0.494 e. The fraction of sp³-hybridized carbons (Fsp3) is 0.520. The van der Waals surface area contributed by atoms with Crippen LogP contribution in [0.25, 0.3) is 0 Å². The first-order valence-corrected chi connectivity index (χ1v) is 10.7. The van der Waals surface area contributed by atoms with Crippen molar-refractivity contribution in [2.75, 3.05) is 13.2 Å². The van der Waals surface area contributed by atoms with E-state index in [2.05, 4.69) is 39.8 Å². The molecule has 0 aliphatic heterocycles. The van der Waals surface area contributed by atoms with Gasteiger partial charge in [0.2, 0.25) is 0 Å². The van der Waals surface area contributed by atoms with Crippen LogP contribution < -0.4 is 9.47 Å². The fourth-order valence-corrected chi connectivity index (χ4v) is 3.55. The summed E-state index contributed by atoms with van der Waals surface area (Å²) in [6.07, 6.45) is 2.09. The van der Waals surface area contributed by atoms with Gasteiger partial charge in [-0.05, 0) is 54.9 Å². The van der Waals surface area contributed by atoms with E-state index in [1.165, 1.54) is 11.1 Å². The highest BCUT2D eigenvalue weighted by atomic mass is 16.5. The molecule has 2 rings (SSSR count). The zero-order valence-corrected chi connectivity index (χ0v) is 18.1. The Hall–Kier alpha value is -2.00. The van der Waals surface area contributed by atoms with E-state index < -0.39 is 6.10 Å². The first kappa shape index (κ1) is 22.3. The number of aliphatic hydroxyl groups is 1. The Kier molecular flexibility index (Phi) is 8.85. The van der Waals surface area contributed by atoms with Crippen LogP contribution in [0.2, 0.25) is 0 Å². The van der Waals surface area contributed by atoms with E-state index in [0.29, 0.717) is 24.9 Å². The van der Waals surface area contributed by atoms with Gasteiger partial charge in [0.25, 0.3) is 0 Å². The number of rotatable bonds is 11. The Bertz CT molecular complexity index is 725. The molecule has 0 aliphatic carbocycles. The highest BCUT2D eigenvalue weighted by Gasteiger charge is 2.18. The third-order valence-electron chi connectivity index (χ3n) is 5.51. The Balaban J connectivity index is 2.12. The normalized spacial score (nSPS) is 14.4. The molecule has 0 fully saturated rings. The Morgan fingerprint density at radius 2 is 1.50 bits per heavy atom. The van der Waals surface area contributed by atoms with Crippen LogP contribution in [0, 0.1) is 0 Å². The number of hydrogen-bond donors (Lipinski definition) is 1. The summed E-state index contributed by atoms with van der Waals surface area (Å²) in [6.45, 7) is 11.7. The molecule has 154 valence electrons. The molecule has 3 unspecified atom stereocenters. The molecule has 0 aliphatic rings. The average molecular weight is 385 g/mol. The molecule has 1 N–H and O–H groups in total. The van der Waals surface area contributed by atoms with Crippen LogP contribution in [-0.2, 0) is 6.42 Å². The minimum absolute atomic E-state index is 0.284. The second-order valence-electron chi connectivity index (χ2n) is 7.59. The van der Waals surface area contributed by atoms with Crippen molar-refractivity contribution in [3.63, 3.8) is 0 Å². The molecule has 0 aromatic heterocycles. The molecule has 0 radical (unpaired) electrons. The van der Waals surface area contributed by atoms with Gasteiger partial charge in [0.05, 0.1) is 12.7 Å². The van der Waals surface area contributed by atoms with Crippen LogP contribution in [-0.4, -0.2) is 24.4 Å². The molecule has 0 spiro atoms. The van der Waals surface area contributed by atoms with E-state index in [4.69, 9.17) is 9.47 Å². The Morgan fingerprint density at radius 3 is 2.18 bits per heavy atom. The molecule has 28 heavy (non-hydrogen) atoms. The van der Waals surface area contributed by atoms with Crippen LogP contribution >= 0.6 is 0 Å². The summed E-state index contributed by atoms with van der Waals surface area (Å²) < 4.78 is 11.9. The number of benzene rings is 2. The quantitative estimate of drug-likeness (QED) is 0.509. The van der Waals surface area contributed by atoms with Gasteiger partial charge in [-0.25, -0.2) is 0 Å². The van der Waals surface area contributed by atoms with Crippen molar-refractivity contribution in [1.29, 1.82) is 0 Å². The van der Waals surface area contributed by atoms with Crippen LogP contribution in [0.5, 0.6) is 11.5 Å². The third kappa shape index (κ3) is 5.75. The molecule has 3 heteroatoms. The zero-order chi connectivity index (χ0) is 20.5. The van der Waals surface area contributed by atoms with Crippen LogP contribution in [0.3, 0.4) is 0 Å². The maximum Gasteiger partial charge on any atom is 0.123 e. The average Bonchev–Trinajstić information content (AvgIpc) is 2.71. The Morgan fingerprint density at radius 1 is 0.821 bits per heavy atom. The number of hydrogen-bond acceptors (Lipinski definition) is 3. The molecule has 0 heterocycles. The van der Waals surface area contributed by atoms with Crippen LogP contribution in [0.15, 0.2) is 42.5 Å². The smallest absolute Gasteiger partial charge is 0.123 e. The van der Waals surface area contributed by atoms with Gasteiger partial charge in [0.1, 0.15) is 18.1 Å². The summed E-state index contributed by atoms with van der Waals surface area (Å²) in [4.78, 5) is 0. The molecule has 3 atom stereocenters. The largest absolute Gasteiger partial charge is 0.494 e. The standard InChI is InChI=1S/C25H36O3/c1-6-18(4)22-13-9-10-14-23(22)28-17-21(26)16-20-12-11-15-24(27-8-3)25(20)19(5)7-2/h9-15,18-19,21,26H,6-8,16-17H2,1-5H3. The summed E-state index contributed by atoms with van der Waals surface area (Å²) >= 11 is 0. The summed E-state index contributed by atoms with van der Waals surface area (Å²) in [5.74, 6) is 2.64. The van der Waals surface area contributed by atoms with Gasteiger partial charge in [-0.3, -0.25) is 0 Å². The summed E-state index contributed by atoms with van der Waals surface area (Å²) in [7, 11) is 0.